The van der Waals surface area contributed by atoms with Crippen LogP contribution in [0.5, 0.6) is 0 Å². The number of ketones is 1. The first-order valence-electron chi connectivity index (χ1n) is 11.6. The van der Waals surface area contributed by atoms with Crippen LogP contribution in [0.3, 0.4) is 0 Å². The third-order valence-corrected chi connectivity index (χ3v) is 5.99. The molecule has 10 nitrogen and oxygen atoms in total. The van der Waals surface area contributed by atoms with Gasteiger partial charge in [0.05, 0.1) is 12.6 Å². The Labute approximate surface area is 198 Å². The van der Waals surface area contributed by atoms with E-state index >= 15 is 0 Å². The predicted octanol–water partition coefficient (Wildman–Crippen LogP) is 1.42. The number of carbonyl (C=O) groups excluding carboxylic acids is 5. The van der Waals surface area contributed by atoms with E-state index in [2.05, 4.69) is 5.32 Å². The molecular formula is C24H31N3O7. The van der Waals surface area contributed by atoms with Gasteiger partial charge in [-0.1, -0.05) is 30.3 Å². The van der Waals surface area contributed by atoms with Crippen LogP contribution in [0.15, 0.2) is 30.3 Å². The second-order valence-electron chi connectivity index (χ2n) is 8.33. The minimum Gasteiger partial charge on any atom is -0.463 e. The third kappa shape index (κ3) is 5.92. The van der Waals surface area contributed by atoms with Crippen molar-refractivity contribution >= 4 is 29.7 Å². The molecule has 1 N–H and O–H groups in total. The molecule has 1 aromatic rings. The number of hydrogen-bond acceptors (Lipinski definition) is 7. The first-order chi connectivity index (χ1) is 16.3. The lowest BCUT2D eigenvalue weighted by atomic mass is 10.0. The average Bonchev–Trinajstić information content (AvgIpc) is 3.51. The van der Waals surface area contributed by atoms with Crippen molar-refractivity contribution < 1.29 is 33.4 Å². The van der Waals surface area contributed by atoms with Crippen LogP contribution in [0.25, 0.3) is 0 Å². The Balaban J connectivity index is 1.69. The summed E-state index contributed by atoms with van der Waals surface area (Å²) in [5, 5.41) is 2.85. The molecule has 2 aliphatic rings. The lowest BCUT2D eigenvalue weighted by Crippen LogP contribution is -2.55. The second kappa shape index (κ2) is 11.6. The Morgan fingerprint density at radius 1 is 1.00 bits per heavy atom. The van der Waals surface area contributed by atoms with Crippen molar-refractivity contribution in [1.82, 2.24) is 15.1 Å². The number of ether oxygens (including phenoxy) is 2. The topological polar surface area (TPSA) is 122 Å². The highest BCUT2D eigenvalue weighted by Crippen LogP contribution is 2.26. The number of benzene rings is 1. The highest BCUT2D eigenvalue weighted by molar-refractivity contribution is 6.07. The summed E-state index contributed by atoms with van der Waals surface area (Å²) < 4.78 is 9.84. The molecule has 0 bridgehead atoms. The van der Waals surface area contributed by atoms with Gasteiger partial charge in [-0.2, -0.15) is 0 Å². The average molecular weight is 474 g/mol. The minimum atomic E-state index is -1.72. The van der Waals surface area contributed by atoms with E-state index in [1.165, 1.54) is 9.80 Å². The SMILES string of the molecule is CCOC(=O)[C@@H](OC(C)=O)C(=O)[C@@H]1CCCN1C(=O)[C@@H]1CCCN1C(=O)NCc1ccccc1. The molecule has 0 unspecified atom stereocenters. The molecule has 0 aliphatic carbocycles. The standard InChI is InChI=1S/C24H31N3O7/c1-3-33-23(31)21(34-16(2)28)20(29)18-11-7-13-26(18)22(30)19-12-8-14-27(19)24(32)25-15-17-9-5-4-6-10-17/h4-6,9-10,18-19,21H,3,7-8,11-15H2,1-2H3,(H,25,32)/t18-,19-,21-/m0/s1. The van der Waals surface area contributed by atoms with E-state index in [1.54, 1.807) is 6.92 Å². The van der Waals surface area contributed by atoms with Gasteiger partial charge in [0.1, 0.15) is 6.04 Å². The quantitative estimate of drug-likeness (QED) is 0.447. The van der Waals surface area contributed by atoms with Crippen molar-refractivity contribution in [3.05, 3.63) is 35.9 Å². The number of Topliss-reactive ketones (excluding diaryl/α,β-unsaturated/α-hetero) is 1. The molecule has 0 saturated carbocycles. The van der Waals surface area contributed by atoms with Crippen molar-refractivity contribution in [2.45, 2.75) is 64.3 Å². The van der Waals surface area contributed by atoms with Gasteiger partial charge in [0, 0.05) is 26.6 Å². The summed E-state index contributed by atoms with van der Waals surface area (Å²) >= 11 is 0. The largest absolute Gasteiger partial charge is 0.463 e. The van der Waals surface area contributed by atoms with Crippen molar-refractivity contribution in [1.29, 1.82) is 0 Å². The summed E-state index contributed by atoms with van der Waals surface area (Å²) in [5.74, 6) is -2.77. The summed E-state index contributed by atoms with van der Waals surface area (Å²) in [6.07, 6.45) is 0.338. The fourth-order valence-electron chi connectivity index (χ4n) is 4.44. The van der Waals surface area contributed by atoms with Crippen LogP contribution >= 0.6 is 0 Å². The molecule has 0 radical (unpaired) electrons. The van der Waals surface area contributed by atoms with Gasteiger partial charge in [-0.25, -0.2) is 9.59 Å². The summed E-state index contributed by atoms with van der Waals surface area (Å²) in [4.78, 5) is 66.0. The lowest BCUT2D eigenvalue weighted by Gasteiger charge is -2.31. The van der Waals surface area contributed by atoms with Crippen LogP contribution in [0.1, 0.15) is 45.1 Å². The Hall–Kier alpha value is -3.43. The van der Waals surface area contributed by atoms with Crippen LogP contribution in [0, 0.1) is 0 Å². The van der Waals surface area contributed by atoms with Crippen molar-refractivity contribution in [2.24, 2.45) is 0 Å². The number of amides is 3. The monoisotopic (exact) mass is 473 g/mol. The molecule has 2 fully saturated rings. The molecule has 3 amide bonds. The van der Waals surface area contributed by atoms with Crippen LogP contribution in [0.2, 0.25) is 0 Å². The minimum absolute atomic E-state index is 0.0202. The predicted molar refractivity (Wildman–Crippen MR) is 120 cm³/mol. The zero-order valence-electron chi connectivity index (χ0n) is 19.5. The van der Waals surface area contributed by atoms with Crippen molar-refractivity contribution in [3.63, 3.8) is 0 Å². The third-order valence-electron chi connectivity index (χ3n) is 5.99. The number of likely N-dealkylation sites (tertiary alicyclic amines) is 2. The van der Waals surface area contributed by atoms with Gasteiger partial charge in [0.15, 0.2) is 0 Å². The van der Waals surface area contributed by atoms with Gasteiger partial charge in [-0.05, 0) is 38.2 Å². The fraction of sp³-hybridized carbons (Fsp3) is 0.542. The van der Waals surface area contributed by atoms with Gasteiger partial charge in [-0.3, -0.25) is 14.4 Å². The van der Waals surface area contributed by atoms with E-state index in [4.69, 9.17) is 9.47 Å². The van der Waals surface area contributed by atoms with Gasteiger partial charge in [0.25, 0.3) is 6.10 Å². The number of nitrogens with zero attached hydrogens (tertiary/aromatic N) is 2. The van der Waals surface area contributed by atoms with Crippen LogP contribution < -0.4 is 5.32 Å². The summed E-state index contributed by atoms with van der Waals surface area (Å²) in [7, 11) is 0. The molecule has 10 heteroatoms. The number of hydrogen-bond donors (Lipinski definition) is 1. The zero-order valence-corrected chi connectivity index (χ0v) is 19.5. The van der Waals surface area contributed by atoms with Crippen molar-refractivity contribution in [2.75, 3.05) is 19.7 Å². The van der Waals surface area contributed by atoms with E-state index in [1.807, 2.05) is 30.3 Å². The van der Waals surface area contributed by atoms with E-state index in [-0.39, 0.29) is 18.5 Å². The van der Waals surface area contributed by atoms with Crippen LogP contribution in [-0.4, -0.2) is 77.3 Å². The van der Waals surface area contributed by atoms with E-state index in [0.29, 0.717) is 45.3 Å². The smallest absolute Gasteiger partial charge is 0.355 e. The lowest BCUT2D eigenvalue weighted by molar-refractivity contribution is -0.171. The summed E-state index contributed by atoms with van der Waals surface area (Å²) in [6.45, 7) is 3.79. The highest BCUT2D eigenvalue weighted by Gasteiger charge is 2.46. The fourth-order valence-corrected chi connectivity index (χ4v) is 4.44. The Bertz CT molecular complexity index is 920. The number of carbonyl (C=O) groups is 5. The molecule has 3 atom stereocenters. The number of esters is 2. The van der Waals surface area contributed by atoms with Gasteiger partial charge in [0.2, 0.25) is 11.7 Å². The van der Waals surface area contributed by atoms with E-state index < -0.39 is 35.9 Å². The van der Waals surface area contributed by atoms with Gasteiger partial charge in [-0.15, -0.1) is 0 Å². The molecule has 0 aromatic heterocycles. The normalized spacial score (nSPS) is 20.5. The summed E-state index contributed by atoms with van der Waals surface area (Å²) in [6, 6.07) is 7.50. The Morgan fingerprint density at radius 2 is 1.65 bits per heavy atom. The molecule has 2 saturated heterocycles. The molecule has 3 rings (SSSR count). The number of nitrogens with one attached hydrogen (secondary N) is 1. The maximum absolute atomic E-state index is 13.4. The van der Waals surface area contributed by atoms with Crippen LogP contribution in [0.4, 0.5) is 4.79 Å². The maximum Gasteiger partial charge on any atom is 0.355 e. The Kier molecular flexibility index (Phi) is 8.61. The number of urea groups is 1. The number of rotatable bonds is 8. The van der Waals surface area contributed by atoms with Crippen molar-refractivity contribution in [3.8, 4) is 0 Å². The molecule has 2 heterocycles. The highest BCUT2D eigenvalue weighted by atomic mass is 16.6. The second-order valence-corrected chi connectivity index (χ2v) is 8.33. The summed E-state index contributed by atoms with van der Waals surface area (Å²) in [5.41, 5.74) is 0.943. The maximum atomic E-state index is 13.4. The molecule has 2 aliphatic heterocycles. The molecule has 1 aromatic carbocycles. The van der Waals surface area contributed by atoms with E-state index in [0.717, 1.165) is 12.5 Å². The Morgan fingerprint density at radius 3 is 2.29 bits per heavy atom. The van der Waals surface area contributed by atoms with E-state index in [9.17, 15) is 24.0 Å². The first kappa shape index (κ1) is 25.2. The van der Waals surface area contributed by atoms with Crippen LogP contribution in [-0.2, 0) is 35.2 Å². The zero-order chi connectivity index (χ0) is 24.7. The molecule has 34 heavy (non-hydrogen) atoms. The van der Waals surface area contributed by atoms with Gasteiger partial charge >= 0.3 is 18.0 Å². The molecule has 184 valence electrons. The molecular weight excluding hydrogens is 442 g/mol. The molecule has 0 spiro atoms. The first-order valence-corrected chi connectivity index (χ1v) is 11.6. The van der Waals surface area contributed by atoms with Gasteiger partial charge < -0.3 is 24.6 Å².